The zero-order valence-electron chi connectivity index (χ0n) is 7.60. The van der Waals surface area contributed by atoms with E-state index in [1.807, 2.05) is 0 Å². The van der Waals surface area contributed by atoms with Gasteiger partial charge in [-0.05, 0) is 6.07 Å². The first-order valence-electron chi connectivity index (χ1n) is 4.16. The molecule has 0 saturated carbocycles. The van der Waals surface area contributed by atoms with E-state index in [9.17, 15) is 13.6 Å². The van der Waals surface area contributed by atoms with Crippen LogP contribution in [0.2, 0.25) is 10.3 Å². The standard InChI is InChI=1S/C9H4Cl2F2N2O/c10-6-2-3-7(8(11)15-6)5(16)1-4(14-3)9(12)13/h1-2,9H,(H,14,16). The Morgan fingerprint density at radius 3 is 2.62 bits per heavy atom. The summed E-state index contributed by atoms with van der Waals surface area (Å²) in [5.74, 6) is 0. The Bertz CT molecular complexity index is 612. The average Bonchev–Trinajstić information content (AvgIpc) is 2.15. The molecule has 0 unspecified atom stereocenters. The molecule has 2 rings (SSSR count). The van der Waals surface area contributed by atoms with Crippen LogP contribution in [0.15, 0.2) is 16.9 Å². The quantitative estimate of drug-likeness (QED) is 0.805. The summed E-state index contributed by atoms with van der Waals surface area (Å²) in [4.78, 5) is 17.6. The lowest BCUT2D eigenvalue weighted by Crippen LogP contribution is -2.06. The van der Waals surface area contributed by atoms with Crippen LogP contribution in [0, 0.1) is 0 Å². The minimum absolute atomic E-state index is 0.0274. The van der Waals surface area contributed by atoms with E-state index in [0.29, 0.717) is 0 Å². The van der Waals surface area contributed by atoms with Crippen LogP contribution in [-0.4, -0.2) is 9.97 Å². The second-order valence-corrected chi connectivity index (χ2v) is 3.79. The molecule has 0 radical (unpaired) electrons. The Hall–Kier alpha value is -1.20. The zero-order valence-corrected chi connectivity index (χ0v) is 9.11. The van der Waals surface area contributed by atoms with E-state index in [2.05, 4.69) is 9.97 Å². The molecule has 16 heavy (non-hydrogen) atoms. The molecular formula is C9H4Cl2F2N2O. The van der Waals surface area contributed by atoms with Crippen molar-refractivity contribution in [2.75, 3.05) is 0 Å². The van der Waals surface area contributed by atoms with E-state index >= 15 is 0 Å². The van der Waals surface area contributed by atoms with Crippen molar-refractivity contribution in [3.05, 3.63) is 38.4 Å². The summed E-state index contributed by atoms with van der Waals surface area (Å²) in [7, 11) is 0. The summed E-state index contributed by atoms with van der Waals surface area (Å²) in [6, 6.07) is 2.07. The van der Waals surface area contributed by atoms with Gasteiger partial charge in [0, 0.05) is 6.07 Å². The molecule has 0 fully saturated rings. The summed E-state index contributed by atoms with van der Waals surface area (Å²) in [5.41, 5.74) is -0.943. The number of pyridine rings is 2. The first kappa shape index (κ1) is 11.3. The van der Waals surface area contributed by atoms with Gasteiger partial charge in [0.25, 0.3) is 6.43 Å². The number of nitrogens with zero attached hydrogens (tertiary/aromatic N) is 1. The summed E-state index contributed by atoms with van der Waals surface area (Å²) in [6.07, 6.45) is -2.76. The topological polar surface area (TPSA) is 45.8 Å². The SMILES string of the molecule is O=c1cc(C(F)F)[nH]c2cc(Cl)nc(Cl)c12. The van der Waals surface area contributed by atoms with Crippen molar-refractivity contribution < 1.29 is 8.78 Å². The van der Waals surface area contributed by atoms with Crippen molar-refractivity contribution in [2.45, 2.75) is 6.43 Å². The Labute approximate surface area is 98.0 Å². The molecule has 0 bridgehead atoms. The molecule has 3 nitrogen and oxygen atoms in total. The number of nitrogens with one attached hydrogen (secondary N) is 1. The van der Waals surface area contributed by atoms with Gasteiger partial charge < -0.3 is 4.98 Å². The predicted octanol–water partition coefficient (Wildman–Crippen LogP) is 3.17. The lowest BCUT2D eigenvalue weighted by atomic mass is 10.2. The molecule has 1 N–H and O–H groups in total. The highest BCUT2D eigenvalue weighted by atomic mass is 35.5. The summed E-state index contributed by atoms with van der Waals surface area (Å²) < 4.78 is 24.8. The van der Waals surface area contributed by atoms with Gasteiger partial charge in [-0.25, -0.2) is 13.8 Å². The van der Waals surface area contributed by atoms with Crippen LogP contribution in [0.1, 0.15) is 12.1 Å². The molecule has 0 aliphatic rings. The highest BCUT2D eigenvalue weighted by molar-refractivity contribution is 6.36. The molecule has 0 amide bonds. The smallest absolute Gasteiger partial charge is 0.278 e. The first-order valence-corrected chi connectivity index (χ1v) is 4.92. The molecule has 2 aromatic heterocycles. The van der Waals surface area contributed by atoms with Crippen LogP contribution in [0.4, 0.5) is 8.78 Å². The van der Waals surface area contributed by atoms with Crippen molar-refractivity contribution in [1.82, 2.24) is 9.97 Å². The maximum absolute atomic E-state index is 12.4. The molecule has 0 atom stereocenters. The van der Waals surface area contributed by atoms with Gasteiger partial charge in [-0.3, -0.25) is 4.79 Å². The van der Waals surface area contributed by atoms with Crippen molar-refractivity contribution >= 4 is 34.1 Å². The number of aromatic amines is 1. The van der Waals surface area contributed by atoms with Crippen LogP contribution in [-0.2, 0) is 0 Å². The number of rotatable bonds is 1. The van der Waals surface area contributed by atoms with E-state index in [0.717, 1.165) is 6.07 Å². The first-order chi connectivity index (χ1) is 7.49. The number of H-pyrrole nitrogens is 1. The Morgan fingerprint density at radius 2 is 2.00 bits per heavy atom. The van der Waals surface area contributed by atoms with E-state index in [4.69, 9.17) is 23.2 Å². The third-order valence-corrected chi connectivity index (χ3v) is 2.46. The molecule has 7 heteroatoms. The number of hydrogen-bond acceptors (Lipinski definition) is 2. The Morgan fingerprint density at radius 1 is 1.31 bits per heavy atom. The van der Waals surface area contributed by atoms with Gasteiger partial charge in [0.2, 0.25) is 0 Å². The molecule has 84 valence electrons. The third-order valence-electron chi connectivity index (χ3n) is 1.99. The number of halogens is 4. The average molecular weight is 265 g/mol. The van der Waals surface area contributed by atoms with E-state index < -0.39 is 17.5 Å². The lowest BCUT2D eigenvalue weighted by molar-refractivity contribution is 0.146. The van der Waals surface area contributed by atoms with Gasteiger partial charge >= 0.3 is 0 Å². The van der Waals surface area contributed by atoms with Gasteiger partial charge in [-0.2, -0.15) is 0 Å². The third kappa shape index (κ3) is 1.88. The Balaban J connectivity index is 2.87. The van der Waals surface area contributed by atoms with Crippen LogP contribution >= 0.6 is 23.2 Å². The summed E-state index contributed by atoms with van der Waals surface area (Å²) in [5, 5.41) is -0.0281. The fourth-order valence-corrected chi connectivity index (χ4v) is 1.86. The van der Waals surface area contributed by atoms with Crippen molar-refractivity contribution in [1.29, 1.82) is 0 Å². The van der Waals surface area contributed by atoms with Gasteiger partial charge in [-0.15, -0.1) is 0 Å². The number of alkyl halides is 2. The van der Waals surface area contributed by atoms with E-state index in [-0.39, 0.29) is 21.2 Å². The fraction of sp³-hybridized carbons (Fsp3) is 0.111. The Kier molecular flexibility index (Phi) is 2.82. The molecular weight excluding hydrogens is 261 g/mol. The normalized spacial score (nSPS) is 11.3. The largest absolute Gasteiger partial charge is 0.353 e. The van der Waals surface area contributed by atoms with Gasteiger partial charge in [0.1, 0.15) is 10.3 Å². The van der Waals surface area contributed by atoms with Gasteiger partial charge in [0.05, 0.1) is 16.6 Å². The van der Waals surface area contributed by atoms with E-state index in [1.54, 1.807) is 0 Å². The zero-order chi connectivity index (χ0) is 11.9. The van der Waals surface area contributed by atoms with Crippen LogP contribution < -0.4 is 5.43 Å². The van der Waals surface area contributed by atoms with Crippen LogP contribution in [0.3, 0.4) is 0 Å². The molecule has 2 heterocycles. The van der Waals surface area contributed by atoms with Gasteiger partial charge in [0.15, 0.2) is 5.43 Å². The highest BCUT2D eigenvalue weighted by Gasteiger charge is 2.13. The lowest BCUT2D eigenvalue weighted by Gasteiger charge is -2.04. The number of hydrogen-bond donors (Lipinski definition) is 1. The fourth-order valence-electron chi connectivity index (χ4n) is 1.34. The summed E-state index contributed by atoms with van der Waals surface area (Å²) >= 11 is 11.3. The molecule has 0 aliphatic carbocycles. The summed E-state index contributed by atoms with van der Waals surface area (Å²) in [6.45, 7) is 0. The minimum atomic E-state index is -2.76. The van der Waals surface area contributed by atoms with Crippen molar-refractivity contribution in [3.63, 3.8) is 0 Å². The maximum Gasteiger partial charge on any atom is 0.278 e. The number of aromatic nitrogens is 2. The van der Waals surface area contributed by atoms with Crippen molar-refractivity contribution in [3.8, 4) is 0 Å². The second-order valence-electron chi connectivity index (χ2n) is 3.05. The maximum atomic E-state index is 12.4. The van der Waals surface area contributed by atoms with Crippen LogP contribution in [0.5, 0.6) is 0 Å². The second kappa shape index (κ2) is 3.99. The molecule has 0 saturated heterocycles. The number of fused-ring (bicyclic) bond motifs is 1. The molecule has 0 spiro atoms. The predicted molar refractivity (Wildman–Crippen MR) is 57.3 cm³/mol. The van der Waals surface area contributed by atoms with E-state index in [1.165, 1.54) is 6.07 Å². The van der Waals surface area contributed by atoms with Crippen molar-refractivity contribution in [2.24, 2.45) is 0 Å². The highest BCUT2D eigenvalue weighted by Crippen LogP contribution is 2.23. The van der Waals surface area contributed by atoms with Crippen LogP contribution in [0.25, 0.3) is 10.9 Å². The van der Waals surface area contributed by atoms with Gasteiger partial charge in [-0.1, -0.05) is 23.2 Å². The minimum Gasteiger partial charge on any atom is -0.353 e. The molecule has 2 aromatic rings. The monoisotopic (exact) mass is 264 g/mol. The molecule has 0 aromatic carbocycles. The molecule has 0 aliphatic heterocycles.